The Morgan fingerprint density at radius 1 is 1.25 bits per heavy atom. The van der Waals surface area contributed by atoms with Crippen LogP contribution in [0.15, 0.2) is 28.8 Å². The summed E-state index contributed by atoms with van der Waals surface area (Å²) in [6, 6.07) is 7.90. The Kier molecular flexibility index (Phi) is 4.40. The third-order valence-corrected chi connectivity index (χ3v) is 2.96. The third kappa shape index (κ3) is 3.85. The molecular weight excluding hydrogens is 254 g/mol. The van der Waals surface area contributed by atoms with Crippen molar-refractivity contribution in [2.75, 3.05) is 17.2 Å². The van der Waals surface area contributed by atoms with E-state index in [1.807, 2.05) is 13.8 Å². The van der Waals surface area contributed by atoms with Gasteiger partial charge in [-0.25, -0.2) is 0 Å². The van der Waals surface area contributed by atoms with Crippen LogP contribution in [0.3, 0.4) is 0 Å². The summed E-state index contributed by atoms with van der Waals surface area (Å²) in [6.07, 6.45) is 0.374. The third-order valence-electron chi connectivity index (χ3n) is 2.96. The minimum absolute atomic E-state index is 0.0869. The van der Waals surface area contributed by atoms with Crippen LogP contribution in [0.25, 0.3) is 0 Å². The molecule has 106 valence electrons. The van der Waals surface area contributed by atoms with Crippen LogP contribution in [0.1, 0.15) is 23.3 Å². The number of aryl methyl sites for hydroxylation is 3. The van der Waals surface area contributed by atoms with E-state index in [4.69, 9.17) is 4.52 Å². The van der Waals surface area contributed by atoms with Crippen LogP contribution in [0.4, 0.5) is 11.5 Å². The topological polar surface area (TPSA) is 67.2 Å². The molecule has 0 spiro atoms. The normalized spacial score (nSPS) is 10.3. The number of aromatic nitrogens is 1. The Morgan fingerprint density at radius 3 is 2.75 bits per heavy atom. The average molecular weight is 273 g/mol. The van der Waals surface area contributed by atoms with Crippen LogP contribution in [-0.2, 0) is 4.79 Å². The zero-order chi connectivity index (χ0) is 14.5. The van der Waals surface area contributed by atoms with Gasteiger partial charge in [-0.1, -0.05) is 17.3 Å². The van der Waals surface area contributed by atoms with E-state index in [0.717, 1.165) is 5.69 Å². The number of rotatable bonds is 5. The minimum Gasteiger partial charge on any atom is -0.384 e. The number of carbonyl (C=O) groups excluding carboxylic acids is 1. The largest absolute Gasteiger partial charge is 0.384 e. The van der Waals surface area contributed by atoms with E-state index in [2.05, 4.69) is 34.0 Å². The van der Waals surface area contributed by atoms with Crippen molar-refractivity contribution in [3.8, 4) is 0 Å². The van der Waals surface area contributed by atoms with Gasteiger partial charge in [0.05, 0.1) is 0 Å². The van der Waals surface area contributed by atoms with Gasteiger partial charge < -0.3 is 15.2 Å². The predicted octanol–water partition coefficient (Wildman–Crippen LogP) is 3.04. The summed E-state index contributed by atoms with van der Waals surface area (Å²) in [6.45, 7) is 6.45. The summed E-state index contributed by atoms with van der Waals surface area (Å²) in [5.41, 5.74) is 3.43. The fourth-order valence-corrected chi connectivity index (χ4v) is 1.87. The summed E-state index contributed by atoms with van der Waals surface area (Å²) < 4.78 is 4.89. The summed E-state index contributed by atoms with van der Waals surface area (Å²) >= 11 is 0. The molecule has 0 aliphatic heterocycles. The van der Waals surface area contributed by atoms with Gasteiger partial charge in [-0.3, -0.25) is 4.79 Å². The lowest BCUT2D eigenvalue weighted by molar-refractivity contribution is -0.116. The van der Waals surface area contributed by atoms with Crippen molar-refractivity contribution in [2.24, 2.45) is 0 Å². The molecule has 0 unspecified atom stereocenters. The number of anilines is 2. The van der Waals surface area contributed by atoms with Crippen LogP contribution < -0.4 is 10.6 Å². The Hall–Kier alpha value is -2.30. The first-order valence-electron chi connectivity index (χ1n) is 6.59. The molecule has 1 aromatic heterocycles. The average Bonchev–Trinajstić information content (AvgIpc) is 2.79. The molecule has 0 radical (unpaired) electrons. The molecule has 0 saturated heterocycles. The molecule has 0 fully saturated rings. The van der Waals surface area contributed by atoms with Gasteiger partial charge >= 0.3 is 0 Å². The Balaban J connectivity index is 1.80. The van der Waals surface area contributed by atoms with Crippen LogP contribution in [0.5, 0.6) is 0 Å². The lowest BCUT2D eigenvalue weighted by atomic mass is 10.1. The number of nitrogens with one attached hydrogen (secondary N) is 2. The Labute approximate surface area is 118 Å². The highest BCUT2D eigenvalue weighted by atomic mass is 16.5. The van der Waals surface area contributed by atoms with Gasteiger partial charge in [0.25, 0.3) is 0 Å². The summed E-state index contributed by atoms with van der Waals surface area (Å²) in [7, 11) is 0. The lowest BCUT2D eigenvalue weighted by Gasteiger charge is -2.10. The first-order valence-corrected chi connectivity index (χ1v) is 6.59. The second-order valence-electron chi connectivity index (χ2n) is 4.87. The van der Waals surface area contributed by atoms with Crippen molar-refractivity contribution < 1.29 is 9.32 Å². The summed E-state index contributed by atoms with van der Waals surface area (Å²) in [5.74, 6) is 1.05. The quantitative estimate of drug-likeness (QED) is 0.878. The number of hydrogen-bond donors (Lipinski definition) is 2. The van der Waals surface area contributed by atoms with Crippen LogP contribution in [0.2, 0.25) is 0 Å². The first kappa shape index (κ1) is 14.1. The molecule has 0 aliphatic carbocycles. The highest BCUT2D eigenvalue weighted by Gasteiger charge is 2.06. The number of carbonyl (C=O) groups is 1. The zero-order valence-corrected chi connectivity index (χ0v) is 12.0. The molecule has 0 saturated carbocycles. The fraction of sp³-hybridized carbons (Fsp3) is 0.333. The zero-order valence-electron chi connectivity index (χ0n) is 12.0. The molecule has 5 nitrogen and oxygen atoms in total. The van der Waals surface area contributed by atoms with Gasteiger partial charge in [0, 0.05) is 24.7 Å². The fourth-order valence-electron chi connectivity index (χ4n) is 1.87. The van der Waals surface area contributed by atoms with Crippen molar-refractivity contribution in [1.29, 1.82) is 0 Å². The predicted molar refractivity (Wildman–Crippen MR) is 78.9 cm³/mol. The molecule has 2 N–H and O–H groups in total. The second kappa shape index (κ2) is 6.23. The lowest BCUT2D eigenvalue weighted by Crippen LogP contribution is -2.16. The molecule has 1 amide bonds. The molecule has 1 aromatic carbocycles. The number of benzene rings is 1. The SMILES string of the molecule is Cc1ccc(C)c(NCCC(=O)Nc2cc(C)on2)c1. The van der Waals surface area contributed by atoms with E-state index in [0.29, 0.717) is 24.5 Å². The molecule has 2 aromatic rings. The maximum absolute atomic E-state index is 11.7. The second-order valence-corrected chi connectivity index (χ2v) is 4.87. The van der Waals surface area contributed by atoms with Crippen molar-refractivity contribution in [3.63, 3.8) is 0 Å². The van der Waals surface area contributed by atoms with E-state index < -0.39 is 0 Å². The molecule has 5 heteroatoms. The smallest absolute Gasteiger partial charge is 0.227 e. The highest BCUT2D eigenvalue weighted by Crippen LogP contribution is 2.16. The molecule has 0 bridgehead atoms. The maximum atomic E-state index is 11.7. The van der Waals surface area contributed by atoms with Crippen LogP contribution >= 0.6 is 0 Å². The van der Waals surface area contributed by atoms with E-state index in [1.54, 1.807) is 13.0 Å². The van der Waals surface area contributed by atoms with Crippen molar-refractivity contribution in [1.82, 2.24) is 5.16 Å². The number of hydrogen-bond acceptors (Lipinski definition) is 4. The van der Waals surface area contributed by atoms with E-state index >= 15 is 0 Å². The van der Waals surface area contributed by atoms with Gasteiger partial charge in [-0.15, -0.1) is 0 Å². The maximum Gasteiger partial charge on any atom is 0.227 e. The Morgan fingerprint density at radius 2 is 2.05 bits per heavy atom. The van der Waals surface area contributed by atoms with Crippen LogP contribution in [0, 0.1) is 20.8 Å². The van der Waals surface area contributed by atoms with Gasteiger partial charge in [0.15, 0.2) is 5.82 Å². The van der Waals surface area contributed by atoms with Crippen LogP contribution in [-0.4, -0.2) is 17.6 Å². The molecule has 2 rings (SSSR count). The minimum atomic E-state index is -0.0869. The Bertz CT molecular complexity index is 605. The van der Waals surface area contributed by atoms with Gasteiger partial charge in [0.2, 0.25) is 5.91 Å². The van der Waals surface area contributed by atoms with E-state index in [-0.39, 0.29) is 5.91 Å². The van der Waals surface area contributed by atoms with E-state index in [9.17, 15) is 4.79 Å². The number of amides is 1. The first-order chi connectivity index (χ1) is 9.54. The van der Waals surface area contributed by atoms with Gasteiger partial charge in [0.1, 0.15) is 5.76 Å². The monoisotopic (exact) mass is 273 g/mol. The highest BCUT2D eigenvalue weighted by molar-refractivity contribution is 5.90. The van der Waals surface area contributed by atoms with Crippen molar-refractivity contribution in [2.45, 2.75) is 27.2 Å². The number of nitrogens with zero attached hydrogens (tertiary/aromatic N) is 1. The molecular formula is C15H19N3O2. The molecule has 0 aliphatic rings. The van der Waals surface area contributed by atoms with Crippen molar-refractivity contribution in [3.05, 3.63) is 41.2 Å². The summed E-state index contributed by atoms with van der Waals surface area (Å²) in [5, 5.41) is 9.68. The molecule has 1 heterocycles. The van der Waals surface area contributed by atoms with Crippen molar-refractivity contribution >= 4 is 17.4 Å². The van der Waals surface area contributed by atoms with Gasteiger partial charge in [-0.2, -0.15) is 0 Å². The molecule has 20 heavy (non-hydrogen) atoms. The molecule has 0 atom stereocenters. The van der Waals surface area contributed by atoms with E-state index in [1.165, 1.54) is 11.1 Å². The van der Waals surface area contributed by atoms with Gasteiger partial charge in [-0.05, 0) is 38.0 Å². The standard InChI is InChI=1S/C15H19N3O2/c1-10-4-5-11(2)13(8-10)16-7-6-15(19)17-14-9-12(3)20-18-14/h4-5,8-9,16H,6-7H2,1-3H3,(H,17,18,19). The summed E-state index contributed by atoms with van der Waals surface area (Å²) in [4.78, 5) is 11.7.